The summed E-state index contributed by atoms with van der Waals surface area (Å²) >= 11 is 19.6. The molecular formula is C18H36N2S4Zn. The van der Waals surface area contributed by atoms with Gasteiger partial charge in [0.05, 0.1) is 0 Å². The Morgan fingerprint density at radius 1 is 0.680 bits per heavy atom. The van der Waals surface area contributed by atoms with Gasteiger partial charge >= 0.3 is 19.5 Å². The molecule has 0 fully saturated rings. The van der Waals surface area contributed by atoms with Gasteiger partial charge < -0.3 is 60.3 Å². The van der Waals surface area contributed by atoms with Gasteiger partial charge in [-0.25, -0.2) is 0 Å². The molecule has 0 heterocycles. The zero-order valence-corrected chi connectivity index (χ0v) is 23.2. The van der Waals surface area contributed by atoms with Crippen LogP contribution in [-0.4, -0.2) is 19.7 Å². The summed E-state index contributed by atoms with van der Waals surface area (Å²) in [5, 5.41) is 6.48. The maximum atomic E-state index is 4.89. The Hall–Kier alpha value is 0.843. The zero-order valence-electron chi connectivity index (χ0n) is 17.0. The average Bonchev–Trinajstić information content (AvgIpc) is 2.53. The van der Waals surface area contributed by atoms with E-state index in [4.69, 9.17) is 49.7 Å². The van der Waals surface area contributed by atoms with E-state index in [1.807, 2.05) is 0 Å². The van der Waals surface area contributed by atoms with Crippen molar-refractivity contribution in [2.75, 3.05) is 0 Å². The molecule has 2 nitrogen and oxygen atoms in total. The van der Waals surface area contributed by atoms with E-state index in [2.05, 4.69) is 52.2 Å². The van der Waals surface area contributed by atoms with E-state index in [-0.39, 0.29) is 30.6 Å². The van der Waals surface area contributed by atoms with Gasteiger partial charge in [-0.05, 0) is 38.5 Å². The summed E-state index contributed by atoms with van der Waals surface area (Å²) < 4.78 is 1.01. The van der Waals surface area contributed by atoms with Crippen molar-refractivity contribution in [3.05, 3.63) is 0 Å². The van der Waals surface area contributed by atoms with Crippen molar-refractivity contribution < 1.29 is 19.5 Å². The largest absolute Gasteiger partial charge is 2.00 e. The van der Waals surface area contributed by atoms with E-state index >= 15 is 0 Å². The third-order valence-electron chi connectivity index (χ3n) is 4.90. The van der Waals surface area contributed by atoms with Crippen molar-refractivity contribution in [1.29, 1.82) is 0 Å². The fourth-order valence-electron chi connectivity index (χ4n) is 3.08. The molecule has 0 bridgehead atoms. The molecule has 0 unspecified atom stereocenters. The molecule has 2 N–H and O–H groups in total. The first-order chi connectivity index (χ1) is 11.2. The molecule has 0 spiro atoms. The van der Waals surface area contributed by atoms with Crippen LogP contribution in [0.25, 0.3) is 0 Å². The first kappa shape index (κ1) is 30.6. The van der Waals surface area contributed by atoms with Crippen molar-refractivity contribution in [1.82, 2.24) is 10.6 Å². The number of hydrogen-bond acceptors (Lipinski definition) is 4. The standard InChI is InChI=1S/2C9H19NS2.Zn/c2*1-4-7-9(5-2,6-3)10-8(11)12;/h2*4-7H2,1-3H3,(H2,10,11,12);/q;;+2/p-2. The quantitative estimate of drug-likeness (QED) is 0.246. The van der Waals surface area contributed by atoms with E-state index in [9.17, 15) is 0 Å². The number of thiocarbonyl (C=S) groups is 2. The van der Waals surface area contributed by atoms with Gasteiger partial charge in [0.2, 0.25) is 0 Å². The van der Waals surface area contributed by atoms with Crippen LogP contribution in [0.2, 0.25) is 0 Å². The van der Waals surface area contributed by atoms with E-state index in [1.54, 1.807) is 0 Å². The van der Waals surface area contributed by atoms with Crippen molar-refractivity contribution in [3.8, 4) is 0 Å². The van der Waals surface area contributed by atoms with Crippen LogP contribution in [0.3, 0.4) is 0 Å². The van der Waals surface area contributed by atoms with Crippen molar-refractivity contribution in [2.45, 2.75) is 104 Å². The minimum absolute atomic E-state index is 0. The second-order valence-corrected chi connectivity index (χ2v) is 8.45. The molecule has 0 aromatic heterocycles. The SMILES string of the molecule is CCCC(CC)(CC)NC(=S)[S-].CCCC(CC)(CC)NC(=S)[S-].[Zn+2]. The summed E-state index contributed by atoms with van der Waals surface area (Å²) in [7, 11) is 0. The van der Waals surface area contributed by atoms with Crippen LogP contribution in [0.1, 0.15) is 92.9 Å². The maximum absolute atomic E-state index is 4.89. The van der Waals surface area contributed by atoms with Gasteiger partial charge in [-0.1, -0.05) is 63.0 Å². The normalized spacial score (nSPS) is 10.8. The average molecular weight is 474 g/mol. The first-order valence-corrected chi connectivity index (χ1v) is 10.8. The molecule has 7 heteroatoms. The second-order valence-electron chi connectivity index (χ2n) is 6.30. The van der Waals surface area contributed by atoms with Crippen LogP contribution in [-0.2, 0) is 44.7 Å². The molecule has 0 saturated carbocycles. The summed E-state index contributed by atoms with van der Waals surface area (Å²) in [4.78, 5) is 0. The van der Waals surface area contributed by atoms with E-state index in [0.29, 0.717) is 8.64 Å². The number of rotatable bonds is 10. The summed E-state index contributed by atoms with van der Waals surface area (Å²) in [6, 6.07) is 0. The van der Waals surface area contributed by atoms with E-state index < -0.39 is 0 Å². The Kier molecular flexibility index (Phi) is 20.8. The molecule has 0 aromatic rings. The maximum Gasteiger partial charge on any atom is 2.00 e. The van der Waals surface area contributed by atoms with Crippen LogP contribution in [0.5, 0.6) is 0 Å². The number of nitrogens with one attached hydrogen (secondary N) is 2. The molecule has 25 heavy (non-hydrogen) atoms. The number of hydrogen-bond donors (Lipinski definition) is 2. The van der Waals surface area contributed by atoms with Crippen LogP contribution < -0.4 is 10.6 Å². The topological polar surface area (TPSA) is 24.1 Å². The second kappa shape index (κ2) is 17.0. The van der Waals surface area contributed by atoms with Crippen LogP contribution >= 0.6 is 24.4 Å². The molecule has 144 valence electrons. The summed E-state index contributed by atoms with van der Waals surface area (Å²) in [6.45, 7) is 13.1. The van der Waals surface area contributed by atoms with Crippen molar-refractivity contribution in [2.24, 2.45) is 0 Å². The summed E-state index contributed by atoms with van der Waals surface area (Å²) in [5.41, 5.74) is 0.321. The summed E-state index contributed by atoms with van der Waals surface area (Å²) in [5.74, 6) is 0. The van der Waals surface area contributed by atoms with Gasteiger partial charge in [0.25, 0.3) is 0 Å². The van der Waals surface area contributed by atoms with Gasteiger partial charge in [0, 0.05) is 11.1 Å². The molecule has 0 aliphatic rings. The molecule has 0 saturated heterocycles. The molecular weight excluding hydrogens is 438 g/mol. The Labute approximate surface area is 191 Å². The van der Waals surface area contributed by atoms with Crippen molar-refractivity contribution >= 4 is 58.3 Å². The van der Waals surface area contributed by atoms with E-state index in [0.717, 1.165) is 38.5 Å². The zero-order chi connectivity index (χ0) is 19.2. The fourth-order valence-corrected chi connectivity index (χ4v) is 3.94. The van der Waals surface area contributed by atoms with E-state index in [1.165, 1.54) is 12.8 Å². The van der Waals surface area contributed by atoms with Crippen LogP contribution in [0, 0.1) is 0 Å². The van der Waals surface area contributed by atoms with Crippen molar-refractivity contribution in [3.63, 3.8) is 0 Å². The van der Waals surface area contributed by atoms with Crippen LogP contribution in [0.4, 0.5) is 0 Å². The predicted molar refractivity (Wildman–Crippen MR) is 123 cm³/mol. The van der Waals surface area contributed by atoms with Gasteiger partial charge in [-0.15, -0.1) is 0 Å². The molecule has 0 atom stereocenters. The minimum Gasteiger partial charge on any atom is -0.412 e. The predicted octanol–water partition coefficient (Wildman–Crippen LogP) is 5.53. The monoisotopic (exact) mass is 472 g/mol. The van der Waals surface area contributed by atoms with Gasteiger partial charge in [-0.2, -0.15) is 0 Å². The first-order valence-electron chi connectivity index (χ1n) is 9.18. The molecule has 0 amide bonds. The third kappa shape index (κ3) is 13.6. The fraction of sp³-hybridized carbons (Fsp3) is 0.889. The van der Waals surface area contributed by atoms with Gasteiger partial charge in [-0.3, -0.25) is 0 Å². The minimum atomic E-state index is 0. The molecule has 0 aromatic carbocycles. The Balaban J connectivity index is -0.000000372. The van der Waals surface area contributed by atoms with Gasteiger partial charge in [0.15, 0.2) is 0 Å². The van der Waals surface area contributed by atoms with Gasteiger partial charge in [0.1, 0.15) is 0 Å². The smallest absolute Gasteiger partial charge is 0.412 e. The Morgan fingerprint density at radius 2 is 0.920 bits per heavy atom. The molecule has 0 rings (SSSR count). The molecule has 0 radical (unpaired) electrons. The molecule has 0 aliphatic heterocycles. The third-order valence-corrected chi connectivity index (χ3v) is 5.31. The van der Waals surface area contributed by atoms with Crippen LogP contribution in [0.15, 0.2) is 0 Å². The summed E-state index contributed by atoms with van der Waals surface area (Å²) in [6.07, 6.45) is 9.01. The Morgan fingerprint density at radius 3 is 1.04 bits per heavy atom. The molecule has 0 aliphatic carbocycles. The Bertz CT molecular complexity index is 323.